The third-order valence-corrected chi connectivity index (χ3v) is 5.12. The van der Waals surface area contributed by atoms with Gasteiger partial charge in [-0.25, -0.2) is 17.8 Å². The fraction of sp³-hybridized carbons (Fsp3) is 0.750. The molecule has 1 heterocycles. The average molecular weight is 324 g/mol. The van der Waals surface area contributed by atoms with Crippen LogP contribution in [-0.4, -0.2) is 36.0 Å². The molecule has 0 aromatic carbocycles. The van der Waals surface area contributed by atoms with E-state index in [2.05, 4.69) is 31.0 Å². The molecule has 9 heteroatoms. The van der Waals surface area contributed by atoms with Crippen molar-refractivity contribution in [3.8, 4) is 0 Å². The van der Waals surface area contributed by atoms with Crippen LogP contribution >= 0.6 is 15.9 Å². The molecule has 1 fully saturated rings. The van der Waals surface area contributed by atoms with E-state index in [-0.39, 0.29) is 15.7 Å². The monoisotopic (exact) mass is 323 g/mol. The summed E-state index contributed by atoms with van der Waals surface area (Å²) in [5.74, 6) is 0.356. The highest BCUT2D eigenvalue weighted by molar-refractivity contribution is 9.10. The number of sulfonamides is 1. The van der Waals surface area contributed by atoms with Crippen molar-refractivity contribution in [1.29, 1.82) is 0 Å². The smallest absolute Gasteiger partial charge is 0.260 e. The van der Waals surface area contributed by atoms with Gasteiger partial charge in [0.25, 0.3) is 10.0 Å². The van der Waals surface area contributed by atoms with E-state index in [0.717, 1.165) is 12.8 Å². The van der Waals surface area contributed by atoms with Crippen LogP contribution < -0.4 is 10.5 Å². The second kappa shape index (κ2) is 4.63. The van der Waals surface area contributed by atoms with Gasteiger partial charge in [-0.15, -0.1) is 5.10 Å². The molecular formula is C8H14BrN5O2S. The van der Waals surface area contributed by atoms with Crippen LogP contribution in [0.25, 0.3) is 0 Å². The number of aromatic nitrogens is 3. The minimum Gasteiger partial charge on any atom is -0.329 e. The number of nitrogens with zero attached hydrogens (tertiary/aromatic N) is 3. The van der Waals surface area contributed by atoms with Crippen molar-refractivity contribution in [3.05, 3.63) is 4.60 Å². The molecule has 0 radical (unpaired) electrons. The molecule has 1 aliphatic carbocycles. The molecule has 1 aromatic heterocycles. The zero-order valence-corrected chi connectivity index (χ0v) is 11.7. The number of halogens is 1. The predicted octanol–water partition coefficient (Wildman–Crippen LogP) is -0.407. The van der Waals surface area contributed by atoms with E-state index in [9.17, 15) is 8.42 Å². The Kier molecular flexibility index (Phi) is 3.53. The van der Waals surface area contributed by atoms with Gasteiger partial charge in [0.1, 0.15) is 0 Å². The molecule has 1 atom stereocenters. The van der Waals surface area contributed by atoms with Crippen LogP contribution in [0.2, 0.25) is 0 Å². The van der Waals surface area contributed by atoms with E-state index in [1.807, 2.05) is 0 Å². The minimum absolute atomic E-state index is 0.0246. The Bertz CT molecular complexity index is 490. The highest BCUT2D eigenvalue weighted by Crippen LogP contribution is 2.33. The molecule has 1 saturated carbocycles. The fourth-order valence-corrected chi connectivity index (χ4v) is 4.11. The van der Waals surface area contributed by atoms with Crippen molar-refractivity contribution in [3.63, 3.8) is 0 Å². The summed E-state index contributed by atoms with van der Waals surface area (Å²) in [6.07, 6.45) is 2.05. The lowest BCUT2D eigenvalue weighted by Crippen LogP contribution is -2.42. The van der Waals surface area contributed by atoms with Crippen molar-refractivity contribution in [2.75, 3.05) is 6.54 Å². The molecule has 0 spiro atoms. The van der Waals surface area contributed by atoms with Gasteiger partial charge < -0.3 is 5.73 Å². The van der Waals surface area contributed by atoms with Crippen LogP contribution in [0.1, 0.15) is 12.8 Å². The third kappa shape index (κ3) is 2.67. The highest BCUT2D eigenvalue weighted by atomic mass is 79.9. The van der Waals surface area contributed by atoms with Gasteiger partial charge in [0.15, 0.2) is 4.60 Å². The summed E-state index contributed by atoms with van der Waals surface area (Å²) in [7, 11) is -2.10. The van der Waals surface area contributed by atoms with Gasteiger partial charge in [-0.1, -0.05) is 5.21 Å². The number of hydrogen-bond acceptors (Lipinski definition) is 5. The Hall–Kier alpha value is -0.510. The summed E-state index contributed by atoms with van der Waals surface area (Å²) in [4.78, 5) is 0. The summed E-state index contributed by atoms with van der Waals surface area (Å²) in [6, 6.07) is -0.207. The molecule has 0 saturated heterocycles. The van der Waals surface area contributed by atoms with E-state index in [4.69, 9.17) is 5.73 Å². The van der Waals surface area contributed by atoms with Gasteiger partial charge in [0, 0.05) is 19.6 Å². The average Bonchev–Trinajstić information content (AvgIpc) is 3.02. The van der Waals surface area contributed by atoms with Gasteiger partial charge in [-0.05, 0) is 34.7 Å². The Morgan fingerprint density at radius 2 is 2.29 bits per heavy atom. The molecule has 7 nitrogen and oxygen atoms in total. The van der Waals surface area contributed by atoms with Crippen molar-refractivity contribution >= 4 is 26.0 Å². The van der Waals surface area contributed by atoms with Crippen LogP contribution in [0.4, 0.5) is 0 Å². The Labute approximate surface area is 108 Å². The Morgan fingerprint density at radius 1 is 1.65 bits per heavy atom. The van der Waals surface area contributed by atoms with Crippen LogP contribution in [0.15, 0.2) is 9.63 Å². The first-order valence-electron chi connectivity index (χ1n) is 5.23. The van der Waals surface area contributed by atoms with E-state index < -0.39 is 10.0 Å². The molecule has 2 rings (SSSR count). The van der Waals surface area contributed by atoms with Crippen molar-refractivity contribution in [2.24, 2.45) is 18.7 Å². The molecule has 1 aliphatic rings. The van der Waals surface area contributed by atoms with Gasteiger partial charge in [0.05, 0.1) is 0 Å². The van der Waals surface area contributed by atoms with Crippen LogP contribution in [0, 0.1) is 5.92 Å². The van der Waals surface area contributed by atoms with Crippen LogP contribution in [-0.2, 0) is 17.1 Å². The largest absolute Gasteiger partial charge is 0.329 e. The maximum Gasteiger partial charge on any atom is 0.260 e. The first kappa shape index (κ1) is 12.9. The van der Waals surface area contributed by atoms with Gasteiger partial charge in [-0.2, -0.15) is 0 Å². The fourth-order valence-electron chi connectivity index (χ4n) is 1.70. The molecule has 0 aliphatic heterocycles. The standard InChI is InChI=1S/C8H14BrN5O2S/c1-14-8(7(9)11-13-14)17(15,16)12-6(4-10)5-2-3-5/h5-6,12H,2-4,10H2,1H3. The maximum atomic E-state index is 12.1. The molecule has 1 unspecified atom stereocenters. The molecule has 17 heavy (non-hydrogen) atoms. The predicted molar refractivity (Wildman–Crippen MR) is 64.6 cm³/mol. The summed E-state index contributed by atoms with van der Waals surface area (Å²) < 4.78 is 28.3. The van der Waals surface area contributed by atoms with Gasteiger partial charge in [0.2, 0.25) is 5.03 Å². The molecule has 0 bridgehead atoms. The summed E-state index contributed by atoms with van der Waals surface area (Å²) in [5.41, 5.74) is 5.57. The quantitative estimate of drug-likeness (QED) is 0.767. The summed E-state index contributed by atoms with van der Waals surface area (Å²) in [6.45, 7) is 0.298. The summed E-state index contributed by atoms with van der Waals surface area (Å²) in [5, 5.41) is 7.33. The first-order valence-corrected chi connectivity index (χ1v) is 7.51. The maximum absolute atomic E-state index is 12.1. The molecular weight excluding hydrogens is 310 g/mol. The SMILES string of the molecule is Cn1nnc(Br)c1S(=O)(=O)NC(CN)C1CC1. The molecule has 0 amide bonds. The second-order valence-electron chi connectivity index (χ2n) is 4.11. The molecule has 3 N–H and O–H groups in total. The number of nitrogens with two attached hydrogens (primary N) is 1. The zero-order chi connectivity index (χ0) is 12.6. The lowest BCUT2D eigenvalue weighted by molar-refractivity contribution is 0.509. The number of rotatable bonds is 5. The normalized spacial score (nSPS) is 18.3. The minimum atomic E-state index is -3.63. The molecule has 96 valence electrons. The van der Waals surface area contributed by atoms with E-state index >= 15 is 0 Å². The lowest BCUT2D eigenvalue weighted by Gasteiger charge is -2.15. The summed E-state index contributed by atoms with van der Waals surface area (Å²) >= 11 is 3.07. The first-order chi connectivity index (χ1) is 7.95. The Balaban J connectivity index is 2.24. The Morgan fingerprint density at radius 3 is 2.71 bits per heavy atom. The van der Waals surface area contributed by atoms with Crippen molar-refractivity contribution < 1.29 is 8.42 Å². The third-order valence-electron chi connectivity index (χ3n) is 2.74. The van der Waals surface area contributed by atoms with Crippen LogP contribution in [0.3, 0.4) is 0 Å². The highest BCUT2D eigenvalue weighted by Gasteiger charge is 2.35. The van der Waals surface area contributed by atoms with E-state index in [1.54, 1.807) is 0 Å². The van der Waals surface area contributed by atoms with Gasteiger partial charge in [-0.3, -0.25) is 0 Å². The lowest BCUT2D eigenvalue weighted by atomic mass is 10.2. The number of hydrogen-bond donors (Lipinski definition) is 2. The second-order valence-corrected chi connectivity index (χ2v) is 6.49. The topological polar surface area (TPSA) is 103 Å². The van der Waals surface area contributed by atoms with Crippen molar-refractivity contribution in [2.45, 2.75) is 23.9 Å². The van der Waals surface area contributed by atoms with Crippen LogP contribution in [0.5, 0.6) is 0 Å². The van der Waals surface area contributed by atoms with Gasteiger partial charge >= 0.3 is 0 Å². The molecule has 1 aromatic rings. The van der Waals surface area contributed by atoms with Crippen molar-refractivity contribution in [1.82, 2.24) is 19.7 Å². The van der Waals surface area contributed by atoms with E-state index in [0.29, 0.717) is 12.5 Å². The number of aryl methyl sites for hydroxylation is 1. The number of nitrogens with one attached hydrogen (secondary N) is 1. The zero-order valence-electron chi connectivity index (χ0n) is 9.30. The van der Waals surface area contributed by atoms with E-state index in [1.165, 1.54) is 11.7 Å².